The van der Waals surface area contributed by atoms with Gasteiger partial charge in [0.15, 0.2) is 0 Å². The van der Waals surface area contributed by atoms with Crippen LogP contribution in [0.25, 0.3) is 0 Å². The molecule has 0 bridgehead atoms. The van der Waals surface area contributed by atoms with Crippen molar-refractivity contribution >= 4 is 10.0 Å². The second kappa shape index (κ2) is 7.29. The largest absolute Gasteiger partial charge is 0.395 e. The Bertz CT molecular complexity index is 568. The van der Waals surface area contributed by atoms with Crippen LogP contribution in [0.1, 0.15) is 31.4 Å². The fraction of sp³-hybridized carbons (Fsp3) is 0.429. The van der Waals surface area contributed by atoms with Crippen molar-refractivity contribution in [2.45, 2.75) is 32.1 Å². The van der Waals surface area contributed by atoms with E-state index in [1.165, 1.54) is 0 Å². The van der Waals surface area contributed by atoms with Gasteiger partial charge in [-0.2, -0.15) is 0 Å². The third-order valence-corrected chi connectivity index (χ3v) is 4.28. The van der Waals surface area contributed by atoms with E-state index >= 15 is 0 Å². The molecule has 1 aromatic carbocycles. The fourth-order valence-corrected chi connectivity index (χ4v) is 2.03. The highest BCUT2D eigenvalue weighted by atomic mass is 32.2. The van der Waals surface area contributed by atoms with Crippen LogP contribution in [-0.4, -0.2) is 25.4 Å². The van der Waals surface area contributed by atoms with Gasteiger partial charge in [0.05, 0.1) is 11.9 Å². The van der Waals surface area contributed by atoms with Gasteiger partial charge in [-0.3, -0.25) is 0 Å². The van der Waals surface area contributed by atoms with E-state index in [2.05, 4.69) is 16.6 Å². The first-order valence-corrected chi connectivity index (χ1v) is 7.67. The third-order valence-electron chi connectivity index (χ3n) is 2.49. The van der Waals surface area contributed by atoms with Gasteiger partial charge in [-0.25, -0.2) is 13.1 Å². The van der Waals surface area contributed by atoms with Crippen molar-refractivity contribution < 1.29 is 13.5 Å². The van der Waals surface area contributed by atoms with Gasteiger partial charge in [0.25, 0.3) is 0 Å². The average Bonchev–Trinajstić information content (AvgIpc) is 2.37. The van der Waals surface area contributed by atoms with Crippen LogP contribution in [0.3, 0.4) is 0 Å². The van der Waals surface area contributed by atoms with E-state index in [1.54, 1.807) is 13.8 Å². The molecule has 0 radical (unpaired) electrons. The molecule has 0 fully saturated rings. The highest BCUT2D eigenvalue weighted by molar-refractivity contribution is 7.90. The quantitative estimate of drug-likeness (QED) is 0.798. The molecule has 0 aliphatic rings. The lowest BCUT2D eigenvalue weighted by Crippen LogP contribution is -2.30. The van der Waals surface area contributed by atoms with Gasteiger partial charge in [-0.15, -0.1) is 0 Å². The summed E-state index contributed by atoms with van der Waals surface area (Å²) in [6, 6.07) is 7.38. The van der Waals surface area contributed by atoms with Crippen LogP contribution < -0.4 is 4.72 Å². The number of aliphatic hydroxyl groups is 1. The number of nitrogens with one attached hydrogen (secondary N) is 1. The van der Waals surface area contributed by atoms with E-state index in [1.807, 2.05) is 24.3 Å². The van der Waals surface area contributed by atoms with Crippen LogP contribution >= 0.6 is 0 Å². The molecule has 104 valence electrons. The molecule has 2 N–H and O–H groups in total. The molecule has 0 spiro atoms. The summed E-state index contributed by atoms with van der Waals surface area (Å²) in [5.41, 5.74) is 1.68. The van der Waals surface area contributed by atoms with Gasteiger partial charge >= 0.3 is 0 Å². The average molecular weight is 281 g/mol. The van der Waals surface area contributed by atoms with E-state index in [0.717, 1.165) is 11.1 Å². The molecule has 0 atom stereocenters. The highest BCUT2D eigenvalue weighted by Crippen LogP contribution is 2.06. The summed E-state index contributed by atoms with van der Waals surface area (Å²) in [4.78, 5) is 0. The molecule has 5 heteroatoms. The molecule has 0 amide bonds. The van der Waals surface area contributed by atoms with Crippen LogP contribution in [0.5, 0.6) is 0 Å². The van der Waals surface area contributed by atoms with Gasteiger partial charge in [0.1, 0.15) is 0 Å². The summed E-state index contributed by atoms with van der Waals surface area (Å²) in [6.07, 6.45) is 0.435. The van der Waals surface area contributed by atoms with E-state index in [0.29, 0.717) is 6.42 Å². The minimum atomic E-state index is -3.25. The number of benzene rings is 1. The lowest BCUT2D eigenvalue weighted by atomic mass is 10.1. The van der Waals surface area contributed by atoms with E-state index in [4.69, 9.17) is 5.11 Å². The summed E-state index contributed by atoms with van der Waals surface area (Å²) in [5, 5.41) is 8.20. The molecule has 1 rings (SSSR count). The van der Waals surface area contributed by atoms with Crippen molar-refractivity contribution in [1.29, 1.82) is 0 Å². The van der Waals surface area contributed by atoms with Crippen molar-refractivity contribution in [3.8, 4) is 11.8 Å². The summed E-state index contributed by atoms with van der Waals surface area (Å²) >= 11 is 0. The van der Waals surface area contributed by atoms with Gasteiger partial charge < -0.3 is 5.11 Å². The standard InChI is InChI=1S/C14H19NO3S/c1-12(2)19(17,18)15-11-14-8-5-7-13(10-14)6-3-4-9-16/h5,7-8,10,12,15-16H,4,9,11H2,1-2H3. The first-order valence-electron chi connectivity index (χ1n) is 6.13. The first kappa shape index (κ1) is 15.7. The Morgan fingerprint density at radius 3 is 2.74 bits per heavy atom. The molecular weight excluding hydrogens is 262 g/mol. The number of rotatable bonds is 5. The topological polar surface area (TPSA) is 66.4 Å². The maximum Gasteiger partial charge on any atom is 0.214 e. The second-order valence-corrected chi connectivity index (χ2v) is 6.71. The fourth-order valence-electron chi connectivity index (χ4n) is 1.33. The summed E-state index contributed by atoms with van der Waals surface area (Å²) < 4.78 is 25.8. The van der Waals surface area contributed by atoms with Gasteiger partial charge in [0, 0.05) is 18.5 Å². The second-order valence-electron chi connectivity index (χ2n) is 4.39. The van der Waals surface area contributed by atoms with Crippen LogP contribution in [0.15, 0.2) is 24.3 Å². The normalized spacial score (nSPS) is 11.2. The Kier molecular flexibility index (Phi) is 6.03. The summed E-state index contributed by atoms with van der Waals surface area (Å²) in [7, 11) is -3.25. The van der Waals surface area contributed by atoms with Crippen LogP contribution in [0, 0.1) is 11.8 Å². The lowest BCUT2D eigenvalue weighted by molar-refractivity contribution is 0.305. The van der Waals surface area contributed by atoms with E-state index in [9.17, 15) is 8.42 Å². The number of hydrogen-bond acceptors (Lipinski definition) is 3. The lowest BCUT2D eigenvalue weighted by Gasteiger charge is -2.09. The smallest absolute Gasteiger partial charge is 0.214 e. The zero-order chi connectivity index (χ0) is 14.3. The Hall–Kier alpha value is -1.35. The van der Waals surface area contributed by atoms with Crippen molar-refractivity contribution in [2.24, 2.45) is 0 Å². The number of aliphatic hydroxyl groups excluding tert-OH is 1. The minimum absolute atomic E-state index is 0.0425. The Balaban J connectivity index is 2.71. The van der Waals surface area contributed by atoms with E-state index < -0.39 is 15.3 Å². The maximum absolute atomic E-state index is 11.6. The molecule has 19 heavy (non-hydrogen) atoms. The van der Waals surface area contributed by atoms with Gasteiger partial charge in [-0.1, -0.05) is 24.0 Å². The van der Waals surface area contributed by atoms with Crippen molar-refractivity contribution in [3.63, 3.8) is 0 Å². The third kappa shape index (κ3) is 5.43. The molecule has 0 saturated carbocycles. The van der Waals surface area contributed by atoms with E-state index in [-0.39, 0.29) is 13.2 Å². The van der Waals surface area contributed by atoms with Crippen molar-refractivity contribution in [1.82, 2.24) is 4.72 Å². The predicted molar refractivity (Wildman–Crippen MR) is 75.9 cm³/mol. The first-order chi connectivity index (χ1) is 8.95. The summed E-state index contributed by atoms with van der Waals surface area (Å²) in [6.45, 7) is 3.58. The Morgan fingerprint density at radius 2 is 2.11 bits per heavy atom. The van der Waals surface area contributed by atoms with Crippen LogP contribution in [0.4, 0.5) is 0 Å². The molecule has 0 aromatic heterocycles. The van der Waals surface area contributed by atoms with Gasteiger partial charge in [-0.05, 0) is 31.5 Å². The predicted octanol–water partition coefficient (Wildman–Crippen LogP) is 1.25. The Labute approximate surface area is 114 Å². The molecule has 0 aliphatic carbocycles. The molecule has 0 heterocycles. The highest BCUT2D eigenvalue weighted by Gasteiger charge is 2.14. The molecule has 0 aliphatic heterocycles. The molecular formula is C14H19NO3S. The van der Waals surface area contributed by atoms with Crippen LogP contribution in [0.2, 0.25) is 0 Å². The monoisotopic (exact) mass is 281 g/mol. The molecule has 0 unspecified atom stereocenters. The zero-order valence-electron chi connectivity index (χ0n) is 11.2. The number of hydrogen-bond donors (Lipinski definition) is 2. The molecule has 1 aromatic rings. The minimum Gasteiger partial charge on any atom is -0.395 e. The number of sulfonamides is 1. The van der Waals surface area contributed by atoms with Gasteiger partial charge in [0.2, 0.25) is 10.0 Å². The van der Waals surface area contributed by atoms with Crippen molar-refractivity contribution in [3.05, 3.63) is 35.4 Å². The molecule has 0 saturated heterocycles. The summed E-state index contributed by atoms with van der Waals surface area (Å²) in [5.74, 6) is 5.75. The zero-order valence-corrected chi connectivity index (χ0v) is 12.0. The van der Waals surface area contributed by atoms with Crippen molar-refractivity contribution in [2.75, 3.05) is 6.61 Å². The Morgan fingerprint density at radius 1 is 1.37 bits per heavy atom. The maximum atomic E-state index is 11.6. The SMILES string of the molecule is CC(C)S(=O)(=O)NCc1cccc(C#CCCO)c1. The van der Waals surface area contributed by atoms with Crippen LogP contribution in [-0.2, 0) is 16.6 Å². The molecule has 4 nitrogen and oxygen atoms in total.